The van der Waals surface area contributed by atoms with E-state index >= 15 is 0 Å². The molecule has 2 N–H and O–H groups in total. The van der Waals surface area contributed by atoms with Crippen LogP contribution in [-0.4, -0.2) is 28.3 Å². The Labute approximate surface area is 91.9 Å². The summed E-state index contributed by atoms with van der Waals surface area (Å²) in [5, 5.41) is 10.9. The first kappa shape index (κ1) is 13.9. The fourth-order valence-electron chi connectivity index (χ4n) is 0.753. The Morgan fingerprint density at radius 2 is 2.00 bits per heavy atom. The number of nitroso groups, excluding NO2 is 1. The van der Waals surface area contributed by atoms with Crippen LogP contribution in [0.2, 0.25) is 0 Å². The molecule has 7 heteroatoms. The predicted octanol–water partition coefficient (Wildman–Crippen LogP) is 1.16. The van der Waals surface area contributed by atoms with Crippen molar-refractivity contribution in [3.8, 4) is 0 Å². The Bertz CT molecular complexity index is 255. The molecule has 15 heavy (non-hydrogen) atoms. The zero-order chi connectivity index (χ0) is 11.9. The summed E-state index contributed by atoms with van der Waals surface area (Å²) in [6.45, 7) is 3.80. The summed E-state index contributed by atoms with van der Waals surface area (Å²) in [4.78, 5) is 31.3. The van der Waals surface area contributed by atoms with Gasteiger partial charge in [-0.05, 0) is 13.8 Å². The number of nitrogens with one attached hydrogen (secondary N) is 1. The van der Waals surface area contributed by atoms with E-state index in [2.05, 4.69) is 9.90 Å². The largest absolute Gasteiger partial charge is 0.481 e. The second kappa shape index (κ2) is 6.39. The van der Waals surface area contributed by atoms with Crippen molar-refractivity contribution in [2.75, 3.05) is 6.54 Å². The quantitative estimate of drug-likeness (QED) is 0.509. The van der Waals surface area contributed by atoms with E-state index in [9.17, 15) is 14.5 Å². The molecule has 0 aliphatic heterocycles. The Morgan fingerprint density at radius 3 is 2.47 bits per heavy atom. The predicted molar refractivity (Wildman–Crippen MR) is 57.3 cm³/mol. The summed E-state index contributed by atoms with van der Waals surface area (Å²) in [6, 6.07) is 0. The topological polar surface area (TPSA) is 95.8 Å². The van der Waals surface area contributed by atoms with Crippen molar-refractivity contribution in [3.63, 3.8) is 0 Å². The molecule has 0 aromatic rings. The molecule has 0 spiro atoms. The van der Waals surface area contributed by atoms with Crippen molar-refractivity contribution in [1.82, 2.24) is 5.32 Å². The van der Waals surface area contributed by atoms with Crippen molar-refractivity contribution in [3.05, 3.63) is 4.91 Å². The van der Waals surface area contributed by atoms with Crippen molar-refractivity contribution in [2.45, 2.75) is 31.4 Å². The van der Waals surface area contributed by atoms with Crippen LogP contribution in [0, 0.1) is 4.91 Å². The highest BCUT2D eigenvalue weighted by molar-refractivity contribution is 7.99. The van der Waals surface area contributed by atoms with Crippen LogP contribution in [0.5, 0.6) is 0 Å². The van der Waals surface area contributed by atoms with Gasteiger partial charge in [-0.1, -0.05) is 0 Å². The third-order valence-corrected chi connectivity index (χ3v) is 2.27. The standard InChI is InChI=1S/C8H14N2O4S/c1-8(2,15-10-14)5-9-6(11)3-4-7(12)13/h3-5H2,1-2H3,(H,9,11)(H,12,13). The molecule has 0 atom stereocenters. The number of amides is 1. The Balaban J connectivity index is 3.79. The maximum atomic E-state index is 11.1. The SMILES string of the molecule is CC(C)(CNC(=O)CCC(=O)O)SN=O. The van der Waals surface area contributed by atoms with Crippen LogP contribution in [0.4, 0.5) is 0 Å². The number of hydrogen-bond acceptors (Lipinski definition) is 5. The zero-order valence-electron chi connectivity index (χ0n) is 8.65. The average molecular weight is 234 g/mol. The molecule has 0 saturated heterocycles. The number of nitrogens with zero attached hydrogens (tertiary/aromatic N) is 1. The molecule has 0 aliphatic carbocycles. The Morgan fingerprint density at radius 1 is 1.40 bits per heavy atom. The van der Waals surface area contributed by atoms with Gasteiger partial charge in [0.25, 0.3) is 0 Å². The van der Waals surface area contributed by atoms with Crippen LogP contribution < -0.4 is 5.32 Å². The van der Waals surface area contributed by atoms with E-state index in [0.717, 1.165) is 11.9 Å². The lowest BCUT2D eigenvalue weighted by molar-refractivity contribution is -0.138. The first-order valence-corrected chi connectivity index (χ1v) is 5.14. The van der Waals surface area contributed by atoms with Gasteiger partial charge in [0.1, 0.15) is 0 Å². The molecule has 0 saturated carbocycles. The Hall–Kier alpha value is -1.11. The van der Waals surface area contributed by atoms with E-state index in [4.69, 9.17) is 5.11 Å². The fraction of sp³-hybridized carbons (Fsp3) is 0.750. The molecule has 0 bridgehead atoms. The number of rotatable bonds is 7. The third-order valence-electron chi connectivity index (χ3n) is 1.56. The number of aliphatic carboxylic acids is 1. The molecule has 0 fully saturated rings. The second-order valence-electron chi connectivity index (χ2n) is 3.60. The lowest BCUT2D eigenvalue weighted by Crippen LogP contribution is -2.36. The number of carbonyl (C=O) groups is 2. The van der Waals surface area contributed by atoms with Gasteiger partial charge in [-0.25, -0.2) is 0 Å². The Kier molecular flexibility index (Phi) is 5.92. The average Bonchev–Trinajstić information content (AvgIpc) is 2.11. The number of carboxylic acids is 1. The number of carboxylic acid groups (broad SMARTS) is 1. The van der Waals surface area contributed by atoms with E-state index in [-0.39, 0.29) is 25.3 Å². The zero-order valence-corrected chi connectivity index (χ0v) is 9.47. The first-order valence-electron chi connectivity index (χ1n) is 4.37. The fourth-order valence-corrected chi connectivity index (χ4v) is 1.09. The third kappa shape index (κ3) is 7.92. The number of hydrogen-bond donors (Lipinski definition) is 2. The van der Waals surface area contributed by atoms with Gasteiger partial charge in [0.15, 0.2) is 0 Å². The molecular weight excluding hydrogens is 220 g/mol. The van der Waals surface area contributed by atoms with Gasteiger partial charge in [0.05, 0.1) is 11.2 Å². The monoisotopic (exact) mass is 234 g/mol. The maximum Gasteiger partial charge on any atom is 0.303 e. The van der Waals surface area contributed by atoms with Crippen LogP contribution in [0.15, 0.2) is 4.58 Å². The minimum atomic E-state index is -1.01. The molecular formula is C8H14N2O4S. The minimum Gasteiger partial charge on any atom is -0.481 e. The van der Waals surface area contributed by atoms with Crippen molar-refractivity contribution in [1.29, 1.82) is 0 Å². The summed E-state index contributed by atoms with van der Waals surface area (Å²) < 4.78 is 2.21. The summed E-state index contributed by atoms with van der Waals surface area (Å²) >= 11 is 0.838. The van der Waals surface area contributed by atoms with Gasteiger partial charge in [0.2, 0.25) is 5.91 Å². The van der Waals surface area contributed by atoms with Crippen LogP contribution in [0.3, 0.4) is 0 Å². The second-order valence-corrected chi connectivity index (χ2v) is 5.03. The smallest absolute Gasteiger partial charge is 0.303 e. The maximum absolute atomic E-state index is 11.1. The van der Waals surface area contributed by atoms with Crippen LogP contribution >= 0.6 is 11.9 Å². The van der Waals surface area contributed by atoms with E-state index in [1.54, 1.807) is 13.8 Å². The normalized spacial score (nSPS) is 10.8. The molecule has 0 aliphatic rings. The van der Waals surface area contributed by atoms with Crippen LogP contribution in [0.25, 0.3) is 0 Å². The molecule has 6 nitrogen and oxygen atoms in total. The van der Waals surface area contributed by atoms with Gasteiger partial charge < -0.3 is 10.4 Å². The summed E-state index contributed by atoms with van der Waals surface area (Å²) in [7, 11) is 0. The summed E-state index contributed by atoms with van der Waals surface area (Å²) in [5.74, 6) is -1.34. The van der Waals surface area contributed by atoms with Crippen molar-refractivity contribution >= 4 is 23.8 Å². The van der Waals surface area contributed by atoms with E-state index < -0.39 is 10.7 Å². The lowest BCUT2D eigenvalue weighted by atomic mass is 10.2. The lowest BCUT2D eigenvalue weighted by Gasteiger charge is -2.19. The first-order chi connectivity index (χ1) is 6.87. The minimum absolute atomic E-state index is 0.0510. The van der Waals surface area contributed by atoms with Crippen molar-refractivity contribution in [2.24, 2.45) is 4.58 Å². The van der Waals surface area contributed by atoms with E-state index in [0.29, 0.717) is 0 Å². The van der Waals surface area contributed by atoms with E-state index in [1.165, 1.54) is 0 Å². The molecule has 0 aromatic carbocycles. The highest BCUT2D eigenvalue weighted by atomic mass is 32.2. The number of carbonyl (C=O) groups excluding carboxylic acids is 1. The molecule has 0 heterocycles. The highest BCUT2D eigenvalue weighted by Gasteiger charge is 2.20. The van der Waals surface area contributed by atoms with Gasteiger partial charge in [0, 0.05) is 29.5 Å². The molecule has 0 radical (unpaired) electrons. The highest BCUT2D eigenvalue weighted by Crippen LogP contribution is 2.23. The summed E-state index contributed by atoms with van der Waals surface area (Å²) in [5.41, 5.74) is 0. The summed E-state index contributed by atoms with van der Waals surface area (Å²) in [6.07, 6.45) is -0.240. The van der Waals surface area contributed by atoms with Gasteiger partial charge in [-0.15, -0.1) is 4.91 Å². The van der Waals surface area contributed by atoms with E-state index in [1.807, 2.05) is 0 Å². The van der Waals surface area contributed by atoms with Crippen molar-refractivity contribution < 1.29 is 14.7 Å². The van der Waals surface area contributed by atoms with Gasteiger partial charge in [-0.3, -0.25) is 9.59 Å². The van der Waals surface area contributed by atoms with Crippen LogP contribution in [-0.2, 0) is 9.59 Å². The molecule has 0 unspecified atom stereocenters. The van der Waals surface area contributed by atoms with Crippen LogP contribution in [0.1, 0.15) is 26.7 Å². The molecule has 0 rings (SSSR count). The molecule has 1 amide bonds. The molecule has 86 valence electrons. The van der Waals surface area contributed by atoms with Gasteiger partial charge in [-0.2, -0.15) is 0 Å². The van der Waals surface area contributed by atoms with Gasteiger partial charge >= 0.3 is 5.97 Å². The molecule has 0 aromatic heterocycles.